The van der Waals surface area contributed by atoms with Crippen LogP contribution >= 0.6 is 7.67 Å². The number of hydrogen-bond donors (Lipinski definition) is 0. The van der Waals surface area contributed by atoms with Crippen molar-refractivity contribution in [2.24, 2.45) is 0 Å². The predicted octanol–water partition coefficient (Wildman–Crippen LogP) is 3.20. The van der Waals surface area contributed by atoms with E-state index in [1.165, 1.54) is 19.2 Å². The number of benzene rings is 1. The van der Waals surface area contributed by atoms with Gasteiger partial charge in [0, 0.05) is 37.8 Å². The van der Waals surface area contributed by atoms with Crippen LogP contribution in [0.4, 0.5) is 5.69 Å². The summed E-state index contributed by atoms with van der Waals surface area (Å²) in [6, 6.07) is 4.47. The number of rotatable bonds is 9. The number of ether oxygens (including phenoxy) is 1. The molecule has 0 amide bonds. The fraction of sp³-hybridized carbons (Fsp3) is 0.600. The molecule has 0 aromatic heterocycles. The number of non-ortho nitro benzene ring substituents is 1. The SMILES string of the molecule is CCCC(OP(=O)(N1CC1)N1CC1)c1ccc([N+](=O)[O-])cc1OC. The van der Waals surface area contributed by atoms with Crippen molar-refractivity contribution in [3.8, 4) is 5.75 Å². The Labute approximate surface area is 141 Å². The maximum Gasteiger partial charge on any atom is 0.346 e. The Balaban J connectivity index is 1.90. The number of hydrogen-bond acceptors (Lipinski definition) is 5. The summed E-state index contributed by atoms with van der Waals surface area (Å²) in [5.74, 6) is 0.394. The number of methoxy groups -OCH3 is 1. The molecule has 2 aliphatic rings. The van der Waals surface area contributed by atoms with Gasteiger partial charge in [0.15, 0.2) is 0 Å². The van der Waals surface area contributed by atoms with Gasteiger partial charge >= 0.3 is 7.67 Å². The van der Waals surface area contributed by atoms with Gasteiger partial charge in [0.05, 0.1) is 24.2 Å². The number of nitro benzene ring substituents is 1. The molecule has 0 spiro atoms. The van der Waals surface area contributed by atoms with E-state index in [0.29, 0.717) is 17.7 Å². The van der Waals surface area contributed by atoms with Crippen LogP contribution in [-0.2, 0) is 9.09 Å². The molecule has 2 aliphatic heterocycles. The normalized spacial score (nSPS) is 19.1. The molecule has 3 rings (SSSR count). The minimum absolute atomic E-state index is 0.0362. The van der Waals surface area contributed by atoms with Gasteiger partial charge in [-0.15, -0.1) is 0 Å². The quantitative estimate of drug-likeness (QED) is 0.291. The van der Waals surface area contributed by atoms with E-state index in [4.69, 9.17) is 9.26 Å². The second-order valence-electron chi connectivity index (χ2n) is 5.96. The zero-order chi connectivity index (χ0) is 17.3. The molecule has 1 aromatic rings. The molecule has 132 valence electrons. The monoisotopic (exact) mass is 355 g/mol. The number of nitro groups is 1. The van der Waals surface area contributed by atoms with Crippen molar-refractivity contribution in [1.29, 1.82) is 0 Å². The first kappa shape index (κ1) is 17.4. The van der Waals surface area contributed by atoms with Gasteiger partial charge in [0.1, 0.15) is 5.75 Å². The highest BCUT2D eigenvalue weighted by molar-refractivity contribution is 7.54. The molecule has 2 saturated heterocycles. The van der Waals surface area contributed by atoms with Gasteiger partial charge in [-0.2, -0.15) is 0 Å². The van der Waals surface area contributed by atoms with Crippen LogP contribution in [0.1, 0.15) is 31.4 Å². The Kier molecular flexibility index (Phi) is 4.92. The zero-order valence-corrected chi connectivity index (χ0v) is 14.8. The average Bonchev–Trinajstić information content (AvgIpc) is 3.44. The first-order chi connectivity index (χ1) is 11.5. The standard InChI is InChI=1S/C15H22N3O5P/c1-3-4-14(23-24(21,16-7-8-16)17-9-10-17)13-6-5-12(18(19)20)11-15(13)22-2/h5-6,11,14H,3-4,7-10H2,1-2H3. The molecule has 0 radical (unpaired) electrons. The van der Waals surface area contributed by atoms with Crippen molar-refractivity contribution in [1.82, 2.24) is 9.34 Å². The molecule has 0 saturated carbocycles. The first-order valence-electron chi connectivity index (χ1n) is 8.11. The number of nitrogens with zero attached hydrogens (tertiary/aromatic N) is 3. The highest BCUT2D eigenvalue weighted by Gasteiger charge is 2.50. The minimum atomic E-state index is -2.98. The average molecular weight is 355 g/mol. The molecule has 24 heavy (non-hydrogen) atoms. The van der Waals surface area contributed by atoms with Crippen molar-refractivity contribution >= 4 is 13.4 Å². The molecule has 8 nitrogen and oxygen atoms in total. The third kappa shape index (κ3) is 3.47. The van der Waals surface area contributed by atoms with Crippen LogP contribution in [0, 0.1) is 10.1 Å². The maximum absolute atomic E-state index is 13.3. The van der Waals surface area contributed by atoms with Crippen LogP contribution in [0.2, 0.25) is 0 Å². The third-order valence-electron chi connectivity index (χ3n) is 4.15. The van der Waals surface area contributed by atoms with Crippen molar-refractivity contribution in [2.75, 3.05) is 33.3 Å². The largest absolute Gasteiger partial charge is 0.496 e. The van der Waals surface area contributed by atoms with E-state index >= 15 is 0 Å². The fourth-order valence-corrected chi connectivity index (χ4v) is 5.04. The predicted molar refractivity (Wildman–Crippen MR) is 89.1 cm³/mol. The molecule has 2 fully saturated rings. The smallest absolute Gasteiger partial charge is 0.346 e. The van der Waals surface area contributed by atoms with E-state index in [2.05, 4.69) is 0 Å². The van der Waals surface area contributed by atoms with Gasteiger partial charge in [0.25, 0.3) is 5.69 Å². The van der Waals surface area contributed by atoms with E-state index < -0.39 is 18.7 Å². The van der Waals surface area contributed by atoms with Gasteiger partial charge in [-0.25, -0.2) is 9.34 Å². The van der Waals surface area contributed by atoms with Crippen molar-refractivity contribution in [2.45, 2.75) is 25.9 Å². The molecule has 2 heterocycles. The van der Waals surface area contributed by atoms with Gasteiger partial charge in [-0.3, -0.25) is 19.2 Å². The third-order valence-corrected chi connectivity index (χ3v) is 6.91. The summed E-state index contributed by atoms with van der Waals surface area (Å²) in [5.41, 5.74) is 0.666. The van der Waals surface area contributed by atoms with Gasteiger partial charge < -0.3 is 4.74 Å². The molecular weight excluding hydrogens is 333 g/mol. The topological polar surface area (TPSA) is 84.7 Å². The molecule has 0 aliphatic carbocycles. The van der Waals surface area contributed by atoms with E-state index in [1.54, 1.807) is 6.07 Å². The van der Waals surface area contributed by atoms with Crippen molar-refractivity contribution < 1.29 is 18.7 Å². The van der Waals surface area contributed by atoms with E-state index in [1.807, 2.05) is 16.3 Å². The first-order valence-corrected chi connectivity index (χ1v) is 9.64. The molecule has 1 atom stereocenters. The summed E-state index contributed by atoms with van der Waals surface area (Å²) in [7, 11) is -1.50. The lowest BCUT2D eigenvalue weighted by Gasteiger charge is -2.27. The summed E-state index contributed by atoms with van der Waals surface area (Å²) in [4.78, 5) is 10.5. The molecule has 1 unspecified atom stereocenters. The molecule has 0 N–H and O–H groups in total. The molecule has 1 aromatic carbocycles. The molecule has 9 heteroatoms. The maximum atomic E-state index is 13.3. The van der Waals surface area contributed by atoms with Crippen LogP contribution < -0.4 is 4.74 Å². The Morgan fingerprint density at radius 2 is 1.92 bits per heavy atom. The van der Waals surface area contributed by atoms with Crippen LogP contribution in [0.25, 0.3) is 0 Å². The fourth-order valence-electron chi connectivity index (χ4n) is 2.68. The van der Waals surface area contributed by atoms with Crippen LogP contribution in [-0.4, -0.2) is 47.6 Å². The minimum Gasteiger partial charge on any atom is -0.496 e. The Bertz CT molecular complexity index is 659. The summed E-state index contributed by atoms with van der Waals surface area (Å²) in [6.07, 6.45) is 1.09. The Morgan fingerprint density at radius 1 is 1.29 bits per heavy atom. The van der Waals surface area contributed by atoms with E-state index in [0.717, 1.165) is 32.6 Å². The Hall–Kier alpha value is -1.47. The lowest BCUT2D eigenvalue weighted by molar-refractivity contribution is -0.384. The Morgan fingerprint density at radius 3 is 2.38 bits per heavy atom. The highest BCUT2D eigenvalue weighted by atomic mass is 31.2. The van der Waals surface area contributed by atoms with E-state index in [9.17, 15) is 14.7 Å². The lowest BCUT2D eigenvalue weighted by atomic mass is 10.0. The van der Waals surface area contributed by atoms with Gasteiger partial charge in [-0.05, 0) is 12.5 Å². The summed E-state index contributed by atoms with van der Waals surface area (Å²) in [5, 5.41) is 11.0. The van der Waals surface area contributed by atoms with Crippen molar-refractivity contribution in [3.63, 3.8) is 0 Å². The summed E-state index contributed by atoms with van der Waals surface area (Å²) in [6.45, 7) is 5.15. The summed E-state index contributed by atoms with van der Waals surface area (Å²) < 4.78 is 28.4. The van der Waals surface area contributed by atoms with E-state index in [-0.39, 0.29) is 5.69 Å². The van der Waals surface area contributed by atoms with Crippen LogP contribution in [0.3, 0.4) is 0 Å². The van der Waals surface area contributed by atoms with Gasteiger partial charge in [-0.1, -0.05) is 13.3 Å². The van der Waals surface area contributed by atoms with Crippen molar-refractivity contribution in [3.05, 3.63) is 33.9 Å². The molecule has 0 bridgehead atoms. The van der Waals surface area contributed by atoms with Crippen LogP contribution in [0.15, 0.2) is 18.2 Å². The zero-order valence-electron chi connectivity index (χ0n) is 13.9. The lowest BCUT2D eigenvalue weighted by Crippen LogP contribution is -2.13. The van der Waals surface area contributed by atoms with Crippen LogP contribution in [0.5, 0.6) is 5.75 Å². The molecular formula is C15H22N3O5P. The second kappa shape index (κ2) is 6.80. The van der Waals surface area contributed by atoms with Gasteiger partial charge in [0.2, 0.25) is 0 Å². The summed E-state index contributed by atoms with van der Waals surface area (Å²) >= 11 is 0. The highest BCUT2D eigenvalue weighted by Crippen LogP contribution is 2.63. The second-order valence-corrected chi connectivity index (χ2v) is 8.29.